The van der Waals surface area contributed by atoms with Crippen molar-refractivity contribution in [3.8, 4) is 0 Å². The maximum atomic E-state index is 12.9. The molecule has 1 saturated heterocycles. The maximum absolute atomic E-state index is 12.9. The molecule has 0 aliphatic carbocycles. The fourth-order valence-corrected chi connectivity index (χ4v) is 5.18. The number of nitrogens with one attached hydrogen (secondary N) is 3. The van der Waals surface area contributed by atoms with Crippen LogP contribution in [0.1, 0.15) is 39.1 Å². The van der Waals surface area contributed by atoms with E-state index in [1.807, 2.05) is 91.1 Å². The maximum Gasteiger partial charge on any atom is 0.255 e. The van der Waals surface area contributed by atoms with Gasteiger partial charge in [0.25, 0.3) is 5.91 Å². The number of benzene rings is 4. The van der Waals surface area contributed by atoms with Crippen molar-refractivity contribution in [1.82, 2.24) is 4.98 Å². The SMILES string of the molecule is O=C(Cc1ccc(Nc2ccc(C(=O)Nc3ccc4cc[nH]c4c3)cc2)cc1)c1ccc(N2CCC(O)CC2)cc1. The van der Waals surface area contributed by atoms with Crippen LogP contribution in [0.4, 0.5) is 22.7 Å². The van der Waals surface area contributed by atoms with Crippen molar-refractivity contribution in [2.45, 2.75) is 25.4 Å². The molecular weight excluding hydrogens is 512 g/mol. The number of H-pyrrole nitrogens is 1. The summed E-state index contributed by atoms with van der Waals surface area (Å²) in [4.78, 5) is 31.0. The van der Waals surface area contributed by atoms with Crippen molar-refractivity contribution in [3.63, 3.8) is 0 Å². The van der Waals surface area contributed by atoms with Gasteiger partial charge in [-0.05, 0) is 103 Å². The minimum atomic E-state index is -0.204. The Morgan fingerprint density at radius 1 is 0.780 bits per heavy atom. The average Bonchev–Trinajstić information content (AvgIpc) is 3.47. The average molecular weight is 545 g/mol. The van der Waals surface area contributed by atoms with E-state index >= 15 is 0 Å². The zero-order chi connectivity index (χ0) is 28.2. The Bertz CT molecular complexity index is 1650. The summed E-state index contributed by atoms with van der Waals surface area (Å²) >= 11 is 0. The van der Waals surface area contributed by atoms with E-state index in [1.165, 1.54) is 0 Å². The van der Waals surface area contributed by atoms with E-state index in [-0.39, 0.29) is 17.8 Å². The number of Topliss-reactive ketones (excluding diaryl/α,β-unsaturated/α-hetero) is 1. The first-order chi connectivity index (χ1) is 20.0. The molecule has 5 aromatic rings. The number of anilines is 4. The number of carbonyl (C=O) groups is 2. The van der Waals surface area contributed by atoms with Gasteiger partial charge in [0.15, 0.2) is 5.78 Å². The van der Waals surface area contributed by atoms with Crippen LogP contribution in [0, 0.1) is 0 Å². The number of hydrogen-bond acceptors (Lipinski definition) is 5. The quantitative estimate of drug-likeness (QED) is 0.166. The van der Waals surface area contributed by atoms with Crippen molar-refractivity contribution >= 4 is 45.3 Å². The molecule has 2 heterocycles. The number of nitrogens with zero attached hydrogens (tertiary/aromatic N) is 1. The number of amides is 1. The molecule has 1 fully saturated rings. The van der Waals surface area contributed by atoms with Crippen LogP contribution in [0.5, 0.6) is 0 Å². The van der Waals surface area contributed by atoms with Crippen LogP contribution in [0.15, 0.2) is 103 Å². The molecule has 0 saturated carbocycles. The van der Waals surface area contributed by atoms with Crippen molar-refractivity contribution in [1.29, 1.82) is 0 Å². The lowest BCUT2D eigenvalue weighted by atomic mass is 10.0. The number of aromatic amines is 1. The standard InChI is InChI=1S/C34H32N4O3/c39-31-16-19-38(20-17-31)30-13-6-25(7-14-30)33(40)21-23-1-8-27(9-2-23)36-28-10-4-26(5-11-28)34(41)37-29-12-3-24-15-18-35-32(24)22-29/h1-15,18,22,31,35-36,39H,16-17,19-21H2,(H,37,41). The number of aliphatic hydroxyl groups is 1. The first kappa shape index (κ1) is 26.3. The third kappa shape index (κ3) is 6.31. The van der Waals surface area contributed by atoms with Gasteiger partial charge in [0.2, 0.25) is 0 Å². The fourth-order valence-electron chi connectivity index (χ4n) is 5.18. The van der Waals surface area contributed by atoms with Gasteiger partial charge in [-0.1, -0.05) is 18.2 Å². The molecule has 1 amide bonds. The Labute approximate surface area is 238 Å². The monoisotopic (exact) mass is 544 g/mol. The molecule has 7 heteroatoms. The molecule has 6 rings (SSSR count). The Kier molecular flexibility index (Phi) is 7.52. The van der Waals surface area contributed by atoms with E-state index in [9.17, 15) is 14.7 Å². The zero-order valence-electron chi connectivity index (χ0n) is 22.6. The Hall–Kier alpha value is -4.88. The summed E-state index contributed by atoms with van der Waals surface area (Å²) in [6.45, 7) is 1.67. The molecule has 206 valence electrons. The first-order valence-corrected chi connectivity index (χ1v) is 13.9. The van der Waals surface area contributed by atoms with Gasteiger partial charge in [-0.2, -0.15) is 0 Å². The lowest BCUT2D eigenvalue weighted by molar-refractivity contribution is 0.0991. The van der Waals surface area contributed by atoms with Gasteiger partial charge in [-0.15, -0.1) is 0 Å². The van der Waals surface area contributed by atoms with E-state index in [0.29, 0.717) is 17.5 Å². The summed E-state index contributed by atoms with van der Waals surface area (Å²) in [6.07, 6.45) is 3.56. The summed E-state index contributed by atoms with van der Waals surface area (Å²) < 4.78 is 0. The molecule has 1 aromatic heterocycles. The highest BCUT2D eigenvalue weighted by Gasteiger charge is 2.17. The van der Waals surface area contributed by atoms with Crippen molar-refractivity contribution in [2.75, 3.05) is 28.6 Å². The summed E-state index contributed by atoms with van der Waals surface area (Å²) in [5, 5.41) is 17.1. The number of ketones is 1. The molecule has 0 atom stereocenters. The van der Waals surface area contributed by atoms with Crippen LogP contribution in [0.3, 0.4) is 0 Å². The fraction of sp³-hybridized carbons (Fsp3) is 0.176. The number of fused-ring (bicyclic) bond motifs is 1. The Morgan fingerprint density at radius 2 is 1.41 bits per heavy atom. The van der Waals surface area contributed by atoms with Crippen molar-refractivity contribution in [2.24, 2.45) is 0 Å². The highest BCUT2D eigenvalue weighted by atomic mass is 16.3. The van der Waals surface area contributed by atoms with Gasteiger partial charge in [0.05, 0.1) is 6.10 Å². The second-order valence-electron chi connectivity index (χ2n) is 10.5. The molecule has 41 heavy (non-hydrogen) atoms. The molecule has 0 bridgehead atoms. The number of carbonyl (C=O) groups excluding carboxylic acids is 2. The van der Waals surface area contributed by atoms with Crippen LogP contribution < -0.4 is 15.5 Å². The summed E-state index contributed by atoms with van der Waals surface area (Å²) in [6, 6.07) is 30.7. The first-order valence-electron chi connectivity index (χ1n) is 13.9. The van der Waals surface area contributed by atoms with Gasteiger partial charge in [0, 0.05) is 65.1 Å². The highest BCUT2D eigenvalue weighted by molar-refractivity contribution is 6.05. The predicted molar refractivity (Wildman–Crippen MR) is 164 cm³/mol. The largest absolute Gasteiger partial charge is 0.393 e. The topological polar surface area (TPSA) is 97.5 Å². The van der Waals surface area contributed by atoms with Crippen LogP contribution in [0.2, 0.25) is 0 Å². The summed E-state index contributed by atoms with van der Waals surface area (Å²) in [7, 11) is 0. The molecule has 1 aliphatic heterocycles. The van der Waals surface area contributed by atoms with E-state index in [1.54, 1.807) is 12.1 Å². The number of rotatable bonds is 8. The highest BCUT2D eigenvalue weighted by Crippen LogP contribution is 2.23. The van der Waals surface area contributed by atoms with E-state index < -0.39 is 0 Å². The van der Waals surface area contributed by atoms with Crippen molar-refractivity contribution in [3.05, 3.63) is 120 Å². The third-order valence-electron chi connectivity index (χ3n) is 7.59. The molecule has 4 aromatic carbocycles. The van der Waals surface area contributed by atoms with Crippen molar-refractivity contribution < 1.29 is 14.7 Å². The van der Waals surface area contributed by atoms with Crippen LogP contribution in [-0.4, -0.2) is 41.0 Å². The van der Waals surface area contributed by atoms with Crippen LogP contribution in [0.25, 0.3) is 10.9 Å². The van der Waals surface area contributed by atoms with Crippen LogP contribution >= 0.6 is 0 Å². The van der Waals surface area contributed by atoms with E-state index in [2.05, 4.69) is 20.5 Å². The van der Waals surface area contributed by atoms with Gasteiger partial charge >= 0.3 is 0 Å². The normalized spacial score (nSPS) is 13.7. The van der Waals surface area contributed by atoms with Crippen LogP contribution in [-0.2, 0) is 6.42 Å². The number of hydrogen-bond donors (Lipinski definition) is 4. The smallest absolute Gasteiger partial charge is 0.255 e. The van der Waals surface area contributed by atoms with E-state index in [0.717, 1.165) is 65.1 Å². The van der Waals surface area contributed by atoms with Gasteiger partial charge in [-0.3, -0.25) is 9.59 Å². The second kappa shape index (κ2) is 11.7. The number of aromatic nitrogens is 1. The Balaban J connectivity index is 1.01. The summed E-state index contributed by atoms with van der Waals surface area (Å²) in [5.74, 6) is -0.0922. The van der Waals surface area contributed by atoms with Gasteiger partial charge < -0.3 is 25.6 Å². The molecule has 4 N–H and O–H groups in total. The number of piperidine rings is 1. The minimum Gasteiger partial charge on any atom is -0.393 e. The molecule has 0 spiro atoms. The van der Waals surface area contributed by atoms with Gasteiger partial charge in [0.1, 0.15) is 0 Å². The zero-order valence-corrected chi connectivity index (χ0v) is 22.6. The van der Waals surface area contributed by atoms with E-state index in [4.69, 9.17) is 0 Å². The molecule has 0 unspecified atom stereocenters. The minimum absolute atomic E-state index is 0.0769. The molecule has 0 radical (unpaired) electrons. The molecular formula is C34H32N4O3. The lowest BCUT2D eigenvalue weighted by Crippen LogP contribution is -2.35. The lowest BCUT2D eigenvalue weighted by Gasteiger charge is -2.31. The summed E-state index contributed by atoms with van der Waals surface area (Å²) in [5.41, 5.74) is 6.77. The molecule has 1 aliphatic rings. The number of aliphatic hydroxyl groups excluding tert-OH is 1. The predicted octanol–water partition coefficient (Wildman–Crippen LogP) is 6.55. The second-order valence-corrected chi connectivity index (χ2v) is 10.5. The third-order valence-corrected chi connectivity index (χ3v) is 7.59. The van der Waals surface area contributed by atoms with Gasteiger partial charge in [-0.25, -0.2) is 0 Å². The molecule has 7 nitrogen and oxygen atoms in total. The Morgan fingerprint density at radius 3 is 2.12 bits per heavy atom.